The Bertz CT molecular complexity index is 921. The Morgan fingerprint density at radius 1 is 1.05 bits per heavy atom. The summed E-state index contributed by atoms with van der Waals surface area (Å²) in [6, 6.07) is 7.95. The highest BCUT2D eigenvalue weighted by Crippen LogP contribution is 2.23. The third kappa shape index (κ3) is 1.56. The van der Waals surface area contributed by atoms with E-state index in [-0.39, 0.29) is 0 Å². The van der Waals surface area contributed by atoms with Crippen LogP contribution in [0.1, 0.15) is 0 Å². The number of hydrogen-bond acceptors (Lipinski definition) is 4. The topological polar surface area (TPSA) is 60.9 Å². The van der Waals surface area contributed by atoms with Crippen molar-refractivity contribution in [3.63, 3.8) is 0 Å². The van der Waals surface area contributed by atoms with Gasteiger partial charge in [-0.15, -0.1) is 10.2 Å². The first kappa shape index (κ1) is 11.5. The molecule has 0 amide bonds. The molecule has 3 heterocycles. The molecule has 98 valence electrons. The van der Waals surface area contributed by atoms with E-state index in [2.05, 4.69) is 36.2 Å². The first-order valence-electron chi connectivity index (χ1n) is 6.01. The van der Waals surface area contributed by atoms with E-state index in [0.29, 0.717) is 0 Å². The molecular formula is C13H9BrN6. The van der Waals surface area contributed by atoms with Crippen molar-refractivity contribution >= 4 is 32.6 Å². The molecule has 0 N–H and O–H groups in total. The molecule has 6 nitrogen and oxygen atoms in total. The Kier molecular flexibility index (Phi) is 2.37. The molecule has 4 rings (SSSR count). The molecule has 4 aromatic rings. The molecule has 0 fully saturated rings. The lowest BCUT2D eigenvalue weighted by atomic mass is 10.2. The lowest BCUT2D eigenvalue weighted by Crippen LogP contribution is -1.95. The molecule has 0 aliphatic heterocycles. The molecule has 0 bridgehead atoms. The monoisotopic (exact) mass is 328 g/mol. The van der Waals surface area contributed by atoms with Crippen LogP contribution in [0.3, 0.4) is 0 Å². The minimum atomic E-state index is 0.765. The minimum Gasteiger partial charge on any atom is -0.265 e. The fourth-order valence-electron chi connectivity index (χ4n) is 2.23. The van der Waals surface area contributed by atoms with Crippen LogP contribution in [-0.2, 0) is 7.05 Å². The van der Waals surface area contributed by atoms with Gasteiger partial charge in [-0.1, -0.05) is 28.1 Å². The molecule has 0 spiro atoms. The molecule has 0 aliphatic carbocycles. The molecule has 20 heavy (non-hydrogen) atoms. The van der Waals surface area contributed by atoms with Gasteiger partial charge in [-0.05, 0) is 12.1 Å². The van der Waals surface area contributed by atoms with Crippen molar-refractivity contribution in [3.8, 4) is 11.4 Å². The number of aryl methyl sites for hydroxylation is 1. The number of halogens is 1. The molecule has 0 unspecified atom stereocenters. The normalized spacial score (nSPS) is 11.5. The zero-order valence-electron chi connectivity index (χ0n) is 10.5. The summed E-state index contributed by atoms with van der Waals surface area (Å²) in [5.74, 6) is 0.769. The van der Waals surface area contributed by atoms with Crippen LogP contribution in [0.5, 0.6) is 0 Å². The van der Waals surface area contributed by atoms with Crippen LogP contribution in [0.4, 0.5) is 0 Å². The van der Waals surface area contributed by atoms with E-state index in [1.165, 1.54) is 0 Å². The molecular weight excluding hydrogens is 320 g/mol. The Hall–Kier alpha value is -2.28. The van der Waals surface area contributed by atoms with Crippen molar-refractivity contribution in [2.45, 2.75) is 0 Å². The first-order chi connectivity index (χ1) is 9.74. The van der Waals surface area contributed by atoms with Gasteiger partial charge in [-0.25, -0.2) is 4.98 Å². The maximum atomic E-state index is 4.42. The molecule has 0 saturated carbocycles. The highest BCUT2D eigenvalue weighted by atomic mass is 79.9. The number of aromatic nitrogens is 6. The Morgan fingerprint density at radius 3 is 2.65 bits per heavy atom. The summed E-state index contributed by atoms with van der Waals surface area (Å²) in [6.45, 7) is 0. The Labute approximate surface area is 122 Å². The summed E-state index contributed by atoms with van der Waals surface area (Å²) >= 11 is 3.43. The highest BCUT2D eigenvalue weighted by Gasteiger charge is 2.13. The van der Waals surface area contributed by atoms with Gasteiger partial charge in [0.2, 0.25) is 0 Å². The first-order valence-corrected chi connectivity index (χ1v) is 6.81. The van der Waals surface area contributed by atoms with Crippen LogP contribution in [0.2, 0.25) is 0 Å². The van der Waals surface area contributed by atoms with Crippen molar-refractivity contribution < 1.29 is 0 Å². The van der Waals surface area contributed by atoms with E-state index in [1.54, 1.807) is 17.2 Å². The molecule has 0 saturated heterocycles. The molecule has 1 aromatic carbocycles. The Balaban J connectivity index is 2.02. The van der Waals surface area contributed by atoms with E-state index in [1.807, 2.05) is 35.7 Å². The highest BCUT2D eigenvalue weighted by molar-refractivity contribution is 9.10. The predicted molar refractivity (Wildman–Crippen MR) is 78.2 cm³/mol. The zero-order valence-corrected chi connectivity index (χ0v) is 12.1. The van der Waals surface area contributed by atoms with Crippen LogP contribution in [0.15, 0.2) is 41.3 Å². The van der Waals surface area contributed by atoms with Crippen LogP contribution in [0.25, 0.3) is 28.1 Å². The smallest absolute Gasteiger partial charge is 0.175 e. The van der Waals surface area contributed by atoms with Gasteiger partial charge in [-0.3, -0.25) is 9.08 Å². The maximum absolute atomic E-state index is 4.42. The summed E-state index contributed by atoms with van der Waals surface area (Å²) < 4.78 is 4.64. The van der Waals surface area contributed by atoms with Crippen LogP contribution < -0.4 is 0 Å². The number of hydrogen-bond donors (Lipinski definition) is 0. The van der Waals surface area contributed by atoms with Gasteiger partial charge in [0.1, 0.15) is 6.33 Å². The third-order valence-electron chi connectivity index (χ3n) is 3.24. The molecule has 0 atom stereocenters. The van der Waals surface area contributed by atoms with Gasteiger partial charge in [-0.2, -0.15) is 5.10 Å². The summed E-state index contributed by atoms with van der Waals surface area (Å²) in [5.41, 5.74) is 2.55. The standard InChI is InChI=1S/C13H9BrN6/c1-19-12-10(6-16-19)13-18-17-11(20(13)7-15-12)8-2-4-9(14)5-3-8/h2-7H,1H3. The van der Waals surface area contributed by atoms with E-state index >= 15 is 0 Å². The summed E-state index contributed by atoms with van der Waals surface area (Å²) in [4.78, 5) is 4.42. The largest absolute Gasteiger partial charge is 0.265 e. The Morgan fingerprint density at radius 2 is 1.85 bits per heavy atom. The lowest BCUT2D eigenvalue weighted by molar-refractivity contribution is 0.785. The van der Waals surface area contributed by atoms with Crippen molar-refractivity contribution in [2.75, 3.05) is 0 Å². The molecule has 3 aromatic heterocycles. The van der Waals surface area contributed by atoms with Gasteiger partial charge < -0.3 is 0 Å². The second-order valence-corrected chi connectivity index (χ2v) is 5.39. The summed E-state index contributed by atoms with van der Waals surface area (Å²) in [7, 11) is 1.86. The fourth-order valence-corrected chi connectivity index (χ4v) is 2.50. The van der Waals surface area contributed by atoms with Gasteiger partial charge >= 0.3 is 0 Å². The van der Waals surface area contributed by atoms with E-state index in [0.717, 1.165) is 32.5 Å². The van der Waals surface area contributed by atoms with Gasteiger partial charge in [0, 0.05) is 17.1 Å². The van der Waals surface area contributed by atoms with Crippen LogP contribution in [0, 0.1) is 0 Å². The van der Waals surface area contributed by atoms with Crippen LogP contribution in [-0.4, -0.2) is 29.4 Å². The molecule has 0 radical (unpaired) electrons. The molecule has 0 aliphatic rings. The van der Waals surface area contributed by atoms with Gasteiger partial charge in [0.15, 0.2) is 17.1 Å². The van der Waals surface area contributed by atoms with E-state index in [9.17, 15) is 0 Å². The predicted octanol–water partition coefficient (Wildman–Crippen LogP) is 2.44. The SMILES string of the molecule is Cn1ncc2c1ncn1c(-c3ccc(Br)cc3)nnc21. The second kappa shape index (κ2) is 4.11. The summed E-state index contributed by atoms with van der Waals surface area (Å²) in [6.07, 6.45) is 3.49. The van der Waals surface area contributed by atoms with Crippen molar-refractivity contribution in [3.05, 3.63) is 41.3 Å². The summed E-state index contributed by atoms with van der Waals surface area (Å²) in [5, 5.41) is 13.6. The van der Waals surface area contributed by atoms with Crippen LogP contribution >= 0.6 is 15.9 Å². The number of benzene rings is 1. The average Bonchev–Trinajstić information content (AvgIpc) is 3.04. The third-order valence-corrected chi connectivity index (χ3v) is 3.77. The van der Waals surface area contributed by atoms with E-state index < -0.39 is 0 Å². The second-order valence-electron chi connectivity index (χ2n) is 4.47. The number of rotatable bonds is 1. The number of nitrogens with zero attached hydrogens (tertiary/aromatic N) is 6. The van der Waals surface area contributed by atoms with E-state index in [4.69, 9.17) is 0 Å². The molecule has 7 heteroatoms. The number of fused-ring (bicyclic) bond motifs is 3. The fraction of sp³-hybridized carbons (Fsp3) is 0.0769. The average molecular weight is 329 g/mol. The van der Waals surface area contributed by atoms with Gasteiger partial charge in [0.25, 0.3) is 0 Å². The van der Waals surface area contributed by atoms with Gasteiger partial charge in [0.05, 0.1) is 11.6 Å². The zero-order chi connectivity index (χ0) is 13.7. The van der Waals surface area contributed by atoms with Crippen molar-refractivity contribution in [1.82, 2.24) is 29.4 Å². The maximum Gasteiger partial charge on any atom is 0.175 e. The lowest BCUT2D eigenvalue weighted by Gasteiger charge is -2.00. The quantitative estimate of drug-likeness (QED) is 0.538. The van der Waals surface area contributed by atoms with Crippen molar-refractivity contribution in [2.24, 2.45) is 7.05 Å². The minimum absolute atomic E-state index is 0.765. The van der Waals surface area contributed by atoms with Crippen molar-refractivity contribution in [1.29, 1.82) is 0 Å².